The summed E-state index contributed by atoms with van der Waals surface area (Å²) in [5.41, 5.74) is 1.22. The molecule has 2 saturated heterocycles. The number of esters is 1. The molecule has 48 heavy (non-hydrogen) atoms. The Hall–Kier alpha value is -2.17. The fraction of sp³-hybridized carbons (Fsp3) is 0.738. The fourth-order valence-electron chi connectivity index (χ4n) is 7.56. The molecule has 2 aliphatic rings. The van der Waals surface area contributed by atoms with E-state index in [0.29, 0.717) is 12.8 Å². The monoisotopic (exact) mass is 666 g/mol. The second-order valence-electron chi connectivity index (χ2n) is 14.5. The molecule has 0 spiro atoms. The first kappa shape index (κ1) is 40.3. The molecule has 0 radical (unpaired) electrons. The van der Waals surface area contributed by atoms with Crippen LogP contribution >= 0.6 is 0 Å². The smallest absolute Gasteiger partial charge is 0.312 e. The number of benzene rings is 1. The van der Waals surface area contributed by atoms with E-state index < -0.39 is 12.2 Å². The van der Waals surface area contributed by atoms with Crippen LogP contribution in [0.5, 0.6) is 0 Å². The maximum absolute atomic E-state index is 11.8. The van der Waals surface area contributed by atoms with Gasteiger partial charge in [-0.15, -0.1) is 0 Å². The minimum atomic E-state index is -0.662. The predicted molar refractivity (Wildman–Crippen MR) is 196 cm³/mol. The number of ether oxygens (including phenoxy) is 1. The molecule has 6 nitrogen and oxygen atoms in total. The molecule has 2 fully saturated rings. The van der Waals surface area contributed by atoms with Gasteiger partial charge in [-0.05, 0) is 57.1 Å². The molecular weight excluding hydrogens is 598 g/mol. The summed E-state index contributed by atoms with van der Waals surface area (Å²) in [5, 5.41) is 32.6. The molecule has 3 N–H and O–H groups in total. The van der Waals surface area contributed by atoms with E-state index in [9.17, 15) is 20.1 Å². The molecule has 3 rings (SSSR count). The lowest BCUT2D eigenvalue weighted by Crippen LogP contribution is -2.46. The van der Waals surface area contributed by atoms with Crippen molar-refractivity contribution in [3.05, 3.63) is 48.0 Å². The number of carbonyl (C=O) groups excluding carboxylic acids is 1. The van der Waals surface area contributed by atoms with Crippen molar-refractivity contribution in [2.45, 2.75) is 192 Å². The molecule has 2 heterocycles. The molecule has 0 amide bonds. The summed E-state index contributed by atoms with van der Waals surface area (Å²) in [7, 11) is 0. The van der Waals surface area contributed by atoms with Crippen molar-refractivity contribution in [3.63, 3.8) is 0 Å². The molecular formula is C42H67NO5. The highest BCUT2D eigenvalue weighted by Gasteiger charge is 2.41. The second kappa shape index (κ2) is 24.1. The molecule has 1 aromatic rings. The standard InChI is InChI=1S/C42H67NO5/c1-3-4-5-6-7-8-12-15-18-24-29-39(44)37-31-32-38(43(37)33-35-26-21-20-22-27-35)40(45)30-25-19-16-13-10-9-11-14-17-23-28-36-41(46)34(2)48-42(36)47/h13,16,20-22,26-27,34,36-41,44-46H,3-12,14-15,17-18,23-24,28-33H2,1-2H3/b16-13+/t34-,36?,37+,38+,39-,40-,41?/m0/s1. The van der Waals surface area contributed by atoms with Crippen LogP contribution in [-0.2, 0) is 16.1 Å². The van der Waals surface area contributed by atoms with E-state index in [0.717, 1.165) is 70.8 Å². The van der Waals surface area contributed by atoms with Crippen LogP contribution < -0.4 is 0 Å². The van der Waals surface area contributed by atoms with E-state index in [1.807, 2.05) is 12.1 Å². The summed E-state index contributed by atoms with van der Waals surface area (Å²) in [6, 6.07) is 10.5. The van der Waals surface area contributed by atoms with Crippen LogP contribution in [0.3, 0.4) is 0 Å². The number of hydrogen-bond acceptors (Lipinski definition) is 6. The normalized spacial score (nSPS) is 24.1. The van der Waals surface area contributed by atoms with Crippen molar-refractivity contribution in [1.82, 2.24) is 4.90 Å². The Labute approximate surface area is 292 Å². The molecule has 6 heteroatoms. The Balaban J connectivity index is 1.33. The van der Waals surface area contributed by atoms with E-state index in [1.165, 1.54) is 63.4 Å². The van der Waals surface area contributed by atoms with Gasteiger partial charge in [0, 0.05) is 25.0 Å². The van der Waals surface area contributed by atoms with Gasteiger partial charge in [0.15, 0.2) is 0 Å². The molecule has 7 atom stereocenters. The van der Waals surface area contributed by atoms with E-state index in [2.05, 4.69) is 54.0 Å². The highest BCUT2D eigenvalue weighted by molar-refractivity contribution is 5.75. The first-order valence-electron chi connectivity index (χ1n) is 19.6. The zero-order valence-electron chi connectivity index (χ0n) is 30.2. The Morgan fingerprint density at radius 1 is 0.854 bits per heavy atom. The van der Waals surface area contributed by atoms with Crippen molar-refractivity contribution in [3.8, 4) is 11.8 Å². The quantitative estimate of drug-likeness (QED) is 0.0582. The first-order valence-corrected chi connectivity index (χ1v) is 19.6. The van der Waals surface area contributed by atoms with Gasteiger partial charge < -0.3 is 20.1 Å². The zero-order chi connectivity index (χ0) is 34.4. The third-order valence-electron chi connectivity index (χ3n) is 10.6. The van der Waals surface area contributed by atoms with Crippen LogP contribution in [0.4, 0.5) is 0 Å². The number of cyclic esters (lactones) is 1. The number of allylic oxidation sites excluding steroid dienone is 2. The molecule has 0 saturated carbocycles. The Morgan fingerprint density at radius 3 is 2.10 bits per heavy atom. The van der Waals surface area contributed by atoms with Crippen LogP contribution in [0, 0.1) is 17.8 Å². The lowest BCUT2D eigenvalue weighted by atomic mass is 9.95. The Bertz CT molecular complexity index is 1080. The lowest BCUT2D eigenvalue weighted by Gasteiger charge is -2.35. The van der Waals surface area contributed by atoms with Crippen LogP contribution in [0.2, 0.25) is 0 Å². The summed E-state index contributed by atoms with van der Waals surface area (Å²) in [4.78, 5) is 14.2. The average molecular weight is 666 g/mol. The van der Waals surface area contributed by atoms with Crippen LogP contribution in [0.1, 0.15) is 154 Å². The van der Waals surface area contributed by atoms with E-state index in [-0.39, 0.29) is 36.2 Å². The van der Waals surface area contributed by atoms with Gasteiger partial charge in [0.25, 0.3) is 0 Å². The highest BCUT2D eigenvalue weighted by Crippen LogP contribution is 2.33. The van der Waals surface area contributed by atoms with Gasteiger partial charge in [0.2, 0.25) is 0 Å². The summed E-state index contributed by atoms with van der Waals surface area (Å²) >= 11 is 0. The Morgan fingerprint density at radius 2 is 1.46 bits per heavy atom. The number of unbranched alkanes of at least 4 members (excludes halogenated alkanes) is 14. The zero-order valence-corrected chi connectivity index (χ0v) is 30.2. The second-order valence-corrected chi connectivity index (χ2v) is 14.5. The van der Waals surface area contributed by atoms with Crippen molar-refractivity contribution in [1.29, 1.82) is 0 Å². The van der Waals surface area contributed by atoms with Gasteiger partial charge in [0.1, 0.15) is 12.2 Å². The molecule has 0 aromatic heterocycles. The molecule has 2 unspecified atom stereocenters. The van der Waals surface area contributed by atoms with Gasteiger partial charge in [-0.3, -0.25) is 9.69 Å². The third-order valence-corrected chi connectivity index (χ3v) is 10.6. The summed E-state index contributed by atoms with van der Waals surface area (Å²) in [6.45, 7) is 4.76. The maximum atomic E-state index is 11.8. The van der Waals surface area contributed by atoms with E-state index in [4.69, 9.17) is 4.74 Å². The van der Waals surface area contributed by atoms with Crippen molar-refractivity contribution < 1.29 is 24.9 Å². The minimum Gasteiger partial charge on any atom is -0.460 e. The molecule has 2 aliphatic heterocycles. The third kappa shape index (κ3) is 14.8. The number of nitrogens with zero attached hydrogens (tertiary/aromatic N) is 1. The van der Waals surface area contributed by atoms with Crippen molar-refractivity contribution in [2.75, 3.05) is 0 Å². The summed E-state index contributed by atoms with van der Waals surface area (Å²) < 4.78 is 5.11. The van der Waals surface area contributed by atoms with Gasteiger partial charge in [-0.2, -0.15) is 0 Å². The van der Waals surface area contributed by atoms with E-state index >= 15 is 0 Å². The summed E-state index contributed by atoms with van der Waals surface area (Å²) in [6.07, 6.45) is 25.1. The lowest BCUT2D eigenvalue weighted by molar-refractivity contribution is -0.143. The van der Waals surface area contributed by atoms with Gasteiger partial charge >= 0.3 is 5.97 Å². The van der Waals surface area contributed by atoms with Gasteiger partial charge in [-0.1, -0.05) is 145 Å². The predicted octanol–water partition coefficient (Wildman–Crippen LogP) is 8.66. The molecule has 1 aromatic carbocycles. The van der Waals surface area contributed by atoms with Crippen molar-refractivity contribution in [2.24, 2.45) is 5.92 Å². The molecule has 0 bridgehead atoms. The fourth-order valence-corrected chi connectivity index (χ4v) is 7.56. The molecule has 270 valence electrons. The van der Waals surface area contributed by atoms with E-state index in [1.54, 1.807) is 6.92 Å². The number of likely N-dealkylation sites (tertiary alicyclic amines) is 1. The summed E-state index contributed by atoms with van der Waals surface area (Å²) in [5.74, 6) is 5.71. The van der Waals surface area contributed by atoms with Crippen LogP contribution in [0.25, 0.3) is 0 Å². The number of aliphatic hydroxyl groups is 3. The average Bonchev–Trinajstić information content (AvgIpc) is 3.61. The maximum Gasteiger partial charge on any atom is 0.312 e. The van der Waals surface area contributed by atoms with Gasteiger partial charge in [0.05, 0.1) is 18.1 Å². The van der Waals surface area contributed by atoms with Crippen molar-refractivity contribution >= 4 is 5.97 Å². The Kier molecular flexibility index (Phi) is 20.2. The SMILES string of the molecule is CCCCCCCCCCCC[C@H](O)[C@H]1CC[C@H]([C@@H](O)CC#C/C=C/CCCCCCCC2C(=O)O[C@@H](C)C2O)N1Cc1ccccc1. The number of hydrogen-bond donors (Lipinski definition) is 3. The number of carbonyl (C=O) groups is 1. The van der Waals surface area contributed by atoms with Gasteiger partial charge in [-0.25, -0.2) is 0 Å². The number of aliphatic hydroxyl groups excluding tert-OH is 3. The highest BCUT2D eigenvalue weighted by atomic mass is 16.6. The van der Waals surface area contributed by atoms with Crippen LogP contribution in [-0.4, -0.2) is 62.7 Å². The largest absolute Gasteiger partial charge is 0.460 e. The minimum absolute atomic E-state index is 0.00169. The van der Waals surface area contributed by atoms with Crippen LogP contribution in [0.15, 0.2) is 42.5 Å². The molecule has 0 aliphatic carbocycles. The first-order chi connectivity index (χ1) is 23.4. The topological polar surface area (TPSA) is 90.2 Å². The number of rotatable bonds is 24.